The molecule has 1 aromatic rings. The van der Waals surface area contributed by atoms with E-state index in [2.05, 4.69) is 9.46 Å². The highest BCUT2D eigenvalue weighted by Gasteiger charge is 2.30. The third kappa shape index (κ3) is 4.47. The van der Waals surface area contributed by atoms with Crippen LogP contribution in [0.15, 0.2) is 23.1 Å². The lowest BCUT2D eigenvalue weighted by Crippen LogP contribution is -2.46. The molecule has 0 heterocycles. The van der Waals surface area contributed by atoms with Crippen molar-refractivity contribution in [2.24, 2.45) is 11.7 Å². The molecular formula is C16H23ClN2O4S. The van der Waals surface area contributed by atoms with Gasteiger partial charge in [-0.1, -0.05) is 30.9 Å². The summed E-state index contributed by atoms with van der Waals surface area (Å²) in [5.74, 6) is -0.520. The summed E-state index contributed by atoms with van der Waals surface area (Å²) in [5, 5.41) is 0.227. The third-order valence-corrected chi connectivity index (χ3v) is 6.18. The molecule has 1 aliphatic rings. The smallest absolute Gasteiger partial charge is 0.339 e. The second-order valence-corrected chi connectivity index (χ2v) is 8.11. The third-order valence-electron chi connectivity index (χ3n) is 4.42. The molecule has 1 atom stereocenters. The summed E-state index contributed by atoms with van der Waals surface area (Å²) in [5.41, 5.74) is 5.75. The number of halogens is 1. The number of nitrogens with one attached hydrogen (secondary N) is 1. The van der Waals surface area contributed by atoms with E-state index < -0.39 is 16.0 Å². The Kier molecular flexibility index (Phi) is 6.62. The molecule has 8 heteroatoms. The number of esters is 1. The minimum atomic E-state index is -3.94. The lowest BCUT2D eigenvalue weighted by Gasteiger charge is -2.30. The molecule has 3 N–H and O–H groups in total. The Hall–Kier alpha value is -1.15. The molecule has 0 aliphatic heterocycles. The summed E-state index contributed by atoms with van der Waals surface area (Å²) >= 11 is 5.92. The average Bonchev–Trinajstić information content (AvgIpc) is 2.59. The van der Waals surface area contributed by atoms with Crippen molar-refractivity contribution in [3.05, 3.63) is 28.8 Å². The van der Waals surface area contributed by atoms with E-state index in [9.17, 15) is 13.2 Å². The van der Waals surface area contributed by atoms with Gasteiger partial charge in [-0.2, -0.15) is 0 Å². The van der Waals surface area contributed by atoms with E-state index >= 15 is 0 Å². The van der Waals surface area contributed by atoms with Crippen molar-refractivity contribution >= 4 is 27.6 Å². The lowest BCUT2D eigenvalue weighted by atomic mass is 9.84. The number of methoxy groups -OCH3 is 1. The van der Waals surface area contributed by atoms with Crippen LogP contribution in [-0.2, 0) is 14.8 Å². The number of hydrogen-bond acceptors (Lipinski definition) is 5. The Bertz CT molecular complexity index is 687. The monoisotopic (exact) mass is 374 g/mol. The van der Waals surface area contributed by atoms with E-state index in [4.69, 9.17) is 17.3 Å². The van der Waals surface area contributed by atoms with Crippen molar-refractivity contribution in [2.45, 2.75) is 43.0 Å². The second kappa shape index (κ2) is 8.29. The quantitative estimate of drug-likeness (QED) is 0.744. The number of carbonyl (C=O) groups is 1. The van der Waals surface area contributed by atoms with E-state index in [1.54, 1.807) is 0 Å². The number of carbonyl (C=O) groups excluding carboxylic acids is 1. The predicted octanol–water partition coefficient (Wildman–Crippen LogP) is 2.31. The molecule has 1 aliphatic carbocycles. The molecule has 1 fully saturated rings. The minimum Gasteiger partial charge on any atom is -0.465 e. The van der Waals surface area contributed by atoms with Gasteiger partial charge in [-0.15, -0.1) is 0 Å². The highest BCUT2D eigenvalue weighted by molar-refractivity contribution is 7.89. The summed E-state index contributed by atoms with van der Waals surface area (Å²) < 4.78 is 32.9. The Balaban J connectivity index is 2.32. The van der Waals surface area contributed by atoms with E-state index in [1.807, 2.05) is 0 Å². The number of benzene rings is 1. The molecule has 0 bridgehead atoms. The number of hydrogen-bond donors (Lipinski definition) is 2. The van der Waals surface area contributed by atoms with Crippen molar-refractivity contribution in [2.75, 3.05) is 13.7 Å². The van der Waals surface area contributed by atoms with Crippen LogP contribution >= 0.6 is 11.6 Å². The largest absolute Gasteiger partial charge is 0.465 e. The van der Waals surface area contributed by atoms with E-state index in [-0.39, 0.29) is 34.0 Å². The Morgan fingerprint density at radius 1 is 1.38 bits per heavy atom. The molecular weight excluding hydrogens is 352 g/mol. The van der Waals surface area contributed by atoms with E-state index in [0.717, 1.165) is 25.7 Å². The van der Waals surface area contributed by atoms with Gasteiger partial charge in [0.15, 0.2) is 0 Å². The van der Waals surface area contributed by atoms with E-state index in [1.165, 1.54) is 31.7 Å². The Labute approximate surface area is 147 Å². The molecule has 0 saturated heterocycles. The number of nitrogens with two attached hydrogens (primary N) is 1. The molecule has 1 aromatic carbocycles. The first-order chi connectivity index (χ1) is 11.4. The molecule has 1 saturated carbocycles. The standard InChI is InChI=1S/C16H23ClN2O4S/c1-23-16(20)13-8-7-12(17)9-15(13)24(21,22)19-14(10-18)11-5-3-2-4-6-11/h7-9,11,14,19H,2-6,10,18H2,1H3. The van der Waals surface area contributed by atoms with Crippen molar-refractivity contribution < 1.29 is 17.9 Å². The zero-order valence-corrected chi connectivity index (χ0v) is 15.2. The summed E-state index contributed by atoms with van der Waals surface area (Å²) in [6.07, 6.45) is 5.22. The highest BCUT2D eigenvalue weighted by Crippen LogP contribution is 2.28. The molecule has 0 amide bonds. The van der Waals surface area contributed by atoms with Gasteiger partial charge in [-0.3, -0.25) is 0 Å². The molecule has 2 rings (SSSR count). The van der Waals surface area contributed by atoms with E-state index in [0.29, 0.717) is 0 Å². The fourth-order valence-electron chi connectivity index (χ4n) is 3.13. The molecule has 134 valence electrons. The summed E-state index contributed by atoms with van der Waals surface area (Å²) in [7, 11) is -2.74. The first kappa shape index (κ1) is 19.2. The first-order valence-electron chi connectivity index (χ1n) is 7.99. The fourth-order valence-corrected chi connectivity index (χ4v) is 4.91. The number of rotatable bonds is 6. The number of sulfonamides is 1. The fraction of sp³-hybridized carbons (Fsp3) is 0.562. The normalized spacial score (nSPS) is 17.5. The number of ether oxygens (including phenoxy) is 1. The summed E-state index contributed by atoms with van der Waals surface area (Å²) in [6, 6.07) is 3.69. The van der Waals surface area contributed by atoms with Crippen LogP contribution in [-0.4, -0.2) is 34.1 Å². The van der Waals surface area contributed by atoms with Crippen LogP contribution in [0.25, 0.3) is 0 Å². The van der Waals surface area contributed by atoms with Crippen LogP contribution in [0, 0.1) is 5.92 Å². The van der Waals surface area contributed by atoms with Crippen LogP contribution < -0.4 is 10.5 Å². The average molecular weight is 375 g/mol. The first-order valence-corrected chi connectivity index (χ1v) is 9.85. The molecule has 0 radical (unpaired) electrons. The van der Waals surface area contributed by atoms with Gasteiger partial charge in [0.25, 0.3) is 0 Å². The van der Waals surface area contributed by atoms with Gasteiger partial charge in [0.1, 0.15) is 0 Å². The zero-order valence-electron chi connectivity index (χ0n) is 13.6. The Morgan fingerprint density at radius 2 is 2.04 bits per heavy atom. The molecule has 0 aromatic heterocycles. The van der Waals surface area contributed by atoms with Gasteiger partial charge < -0.3 is 10.5 Å². The van der Waals surface area contributed by atoms with Gasteiger partial charge in [0.05, 0.1) is 17.6 Å². The molecule has 1 unspecified atom stereocenters. The van der Waals surface area contributed by atoms with Crippen molar-refractivity contribution in [3.63, 3.8) is 0 Å². The van der Waals surface area contributed by atoms with Gasteiger partial charge in [-0.05, 0) is 37.0 Å². The van der Waals surface area contributed by atoms with Crippen molar-refractivity contribution in [1.82, 2.24) is 4.72 Å². The van der Waals surface area contributed by atoms with Gasteiger partial charge in [0, 0.05) is 17.6 Å². The zero-order chi connectivity index (χ0) is 17.7. The van der Waals surface area contributed by atoms with Crippen LogP contribution in [0.4, 0.5) is 0 Å². The summed E-state index contributed by atoms with van der Waals surface area (Å²) in [6.45, 7) is 0.206. The van der Waals surface area contributed by atoms with Crippen molar-refractivity contribution in [3.8, 4) is 0 Å². The van der Waals surface area contributed by atoms with Gasteiger partial charge in [0.2, 0.25) is 10.0 Å². The maximum atomic E-state index is 12.8. The molecule has 0 spiro atoms. The molecule has 24 heavy (non-hydrogen) atoms. The maximum Gasteiger partial charge on any atom is 0.339 e. The predicted molar refractivity (Wildman–Crippen MR) is 92.5 cm³/mol. The minimum absolute atomic E-state index is 0.0474. The van der Waals surface area contributed by atoms with Crippen LogP contribution in [0.2, 0.25) is 5.02 Å². The SMILES string of the molecule is COC(=O)c1ccc(Cl)cc1S(=O)(=O)NC(CN)C1CCCCC1. The van der Waals surface area contributed by atoms with Crippen molar-refractivity contribution in [1.29, 1.82) is 0 Å². The second-order valence-electron chi connectivity index (χ2n) is 5.99. The topological polar surface area (TPSA) is 98.5 Å². The lowest BCUT2D eigenvalue weighted by molar-refractivity contribution is 0.0596. The Morgan fingerprint density at radius 3 is 2.62 bits per heavy atom. The van der Waals surface area contributed by atoms with Gasteiger partial charge >= 0.3 is 5.97 Å². The van der Waals surface area contributed by atoms with Crippen LogP contribution in [0.1, 0.15) is 42.5 Å². The van der Waals surface area contributed by atoms with Crippen LogP contribution in [0.5, 0.6) is 0 Å². The summed E-state index contributed by atoms with van der Waals surface area (Å²) in [4.78, 5) is 11.7. The van der Waals surface area contributed by atoms with Crippen LogP contribution in [0.3, 0.4) is 0 Å². The maximum absolute atomic E-state index is 12.8. The molecule has 6 nitrogen and oxygen atoms in total. The highest BCUT2D eigenvalue weighted by atomic mass is 35.5. The van der Waals surface area contributed by atoms with Gasteiger partial charge in [-0.25, -0.2) is 17.9 Å².